The molecule has 0 saturated carbocycles. The van der Waals surface area contributed by atoms with Crippen molar-refractivity contribution in [1.29, 1.82) is 0 Å². The van der Waals surface area contributed by atoms with E-state index in [1.54, 1.807) is 6.07 Å². The molecule has 0 amide bonds. The summed E-state index contributed by atoms with van der Waals surface area (Å²) < 4.78 is 12.8. The van der Waals surface area contributed by atoms with E-state index < -0.39 is 5.97 Å². The number of carbonyl (C=O) groups is 1. The fourth-order valence-electron chi connectivity index (χ4n) is 1.47. The van der Waals surface area contributed by atoms with Crippen molar-refractivity contribution >= 4 is 5.97 Å². The summed E-state index contributed by atoms with van der Waals surface area (Å²) in [7, 11) is 0. The van der Waals surface area contributed by atoms with E-state index in [0.29, 0.717) is 6.42 Å². The lowest BCUT2D eigenvalue weighted by Crippen LogP contribution is -1.94. The summed E-state index contributed by atoms with van der Waals surface area (Å²) in [5.74, 6) is -0.959. The number of carboxylic acids is 1. The Bertz CT molecular complexity index is 323. The van der Waals surface area contributed by atoms with Crippen LogP contribution >= 0.6 is 0 Å². The van der Waals surface area contributed by atoms with E-state index in [9.17, 15) is 9.18 Å². The second-order valence-electron chi connectivity index (χ2n) is 3.58. The predicted octanol–water partition coefficient (Wildman–Crippen LogP) is 3.01. The van der Waals surface area contributed by atoms with E-state index >= 15 is 0 Å². The molecule has 0 aliphatic carbocycles. The van der Waals surface area contributed by atoms with Crippen molar-refractivity contribution in [2.45, 2.75) is 32.1 Å². The van der Waals surface area contributed by atoms with Gasteiger partial charge in [-0.05, 0) is 37.0 Å². The van der Waals surface area contributed by atoms with Crippen molar-refractivity contribution in [1.82, 2.24) is 0 Å². The highest BCUT2D eigenvalue weighted by atomic mass is 19.1. The first-order valence-electron chi connectivity index (χ1n) is 5.15. The van der Waals surface area contributed by atoms with Crippen LogP contribution < -0.4 is 0 Å². The molecule has 1 N–H and O–H groups in total. The molecule has 0 spiro atoms. The summed E-state index contributed by atoms with van der Waals surface area (Å²) in [5.41, 5.74) is 0.977. The topological polar surface area (TPSA) is 37.3 Å². The molecule has 82 valence electrons. The lowest BCUT2D eigenvalue weighted by Gasteiger charge is -2.00. The molecule has 0 aliphatic heterocycles. The highest BCUT2D eigenvalue weighted by molar-refractivity contribution is 5.66. The standard InChI is InChI=1S/C12H15FO2/c13-11-7-4-6-10(9-11)5-2-1-3-8-12(14)15/h4,6-7,9H,1-3,5,8H2,(H,14,15). The van der Waals surface area contributed by atoms with Gasteiger partial charge < -0.3 is 5.11 Å². The molecule has 0 saturated heterocycles. The largest absolute Gasteiger partial charge is 0.481 e. The zero-order chi connectivity index (χ0) is 11.1. The van der Waals surface area contributed by atoms with Crippen LogP contribution in [0.4, 0.5) is 4.39 Å². The van der Waals surface area contributed by atoms with Gasteiger partial charge in [0.15, 0.2) is 0 Å². The number of aryl methyl sites for hydroxylation is 1. The van der Waals surface area contributed by atoms with Gasteiger partial charge in [-0.1, -0.05) is 18.6 Å². The van der Waals surface area contributed by atoms with Crippen LogP contribution in [-0.4, -0.2) is 11.1 Å². The molecular formula is C12H15FO2. The maximum atomic E-state index is 12.8. The van der Waals surface area contributed by atoms with Crippen molar-refractivity contribution < 1.29 is 14.3 Å². The Balaban J connectivity index is 2.17. The second kappa shape index (κ2) is 6.17. The van der Waals surface area contributed by atoms with E-state index in [0.717, 1.165) is 24.8 Å². The number of hydrogen-bond acceptors (Lipinski definition) is 1. The molecule has 0 heterocycles. The third-order valence-electron chi connectivity index (χ3n) is 2.25. The van der Waals surface area contributed by atoms with Gasteiger partial charge in [0.2, 0.25) is 0 Å². The molecule has 15 heavy (non-hydrogen) atoms. The van der Waals surface area contributed by atoms with Gasteiger partial charge in [-0.25, -0.2) is 4.39 Å². The van der Waals surface area contributed by atoms with E-state index in [4.69, 9.17) is 5.11 Å². The van der Waals surface area contributed by atoms with Crippen LogP contribution in [-0.2, 0) is 11.2 Å². The molecule has 0 aromatic heterocycles. The monoisotopic (exact) mass is 210 g/mol. The smallest absolute Gasteiger partial charge is 0.303 e. The van der Waals surface area contributed by atoms with Gasteiger partial charge in [-0.2, -0.15) is 0 Å². The SMILES string of the molecule is O=C(O)CCCCCc1cccc(F)c1. The quantitative estimate of drug-likeness (QED) is 0.733. The molecule has 1 aromatic carbocycles. The molecule has 1 aromatic rings. The fraction of sp³-hybridized carbons (Fsp3) is 0.417. The summed E-state index contributed by atoms with van der Waals surface area (Å²) in [6, 6.07) is 6.54. The number of carboxylic acid groups (broad SMARTS) is 1. The van der Waals surface area contributed by atoms with Crippen LogP contribution in [0.15, 0.2) is 24.3 Å². The summed E-state index contributed by atoms with van der Waals surface area (Å²) in [6.45, 7) is 0. The molecule has 0 unspecified atom stereocenters. The average Bonchev–Trinajstić information content (AvgIpc) is 2.17. The van der Waals surface area contributed by atoms with Crippen molar-refractivity contribution in [2.24, 2.45) is 0 Å². The van der Waals surface area contributed by atoms with Gasteiger partial charge in [0.05, 0.1) is 0 Å². The van der Waals surface area contributed by atoms with Gasteiger partial charge in [0.25, 0.3) is 0 Å². The molecule has 0 aliphatic rings. The molecular weight excluding hydrogens is 195 g/mol. The van der Waals surface area contributed by atoms with E-state index in [1.807, 2.05) is 6.07 Å². The van der Waals surface area contributed by atoms with Gasteiger partial charge in [-0.3, -0.25) is 4.79 Å². The summed E-state index contributed by atoms with van der Waals surface area (Å²) in [5, 5.41) is 8.42. The van der Waals surface area contributed by atoms with Crippen LogP contribution in [0.3, 0.4) is 0 Å². The lowest BCUT2D eigenvalue weighted by molar-refractivity contribution is -0.137. The van der Waals surface area contributed by atoms with Crippen molar-refractivity contribution in [3.8, 4) is 0 Å². The number of benzene rings is 1. The van der Waals surface area contributed by atoms with E-state index in [1.165, 1.54) is 12.1 Å². The maximum Gasteiger partial charge on any atom is 0.303 e. The Kier molecular flexibility index (Phi) is 4.81. The number of aliphatic carboxylic acids is 1. The Labute approximate surface area is 88.7 Å². The zero-order valence-electron chi connectivity index (χ0n) is 8.58. The Morgan fingerprint density at radius 2 is 2.07 bits per heavy atom. The van der Waals surface area contributed by atoms with E-state index in [-0.39, 0.29) is 12.2 Å². The minimum absolute atomic E-state index is 0.210. The van der Waals surface area contributed by atoms with Crippen molar-refractivity contribution in [3.05, 3.63) is 35.6 Å². The van der Waals surface area contributed by atoms with Crippen LogP contribution in [0.25, 0.3) is 0 Å². The Morgan fingerprint density at radius 3 is 2.73 bits per heavy atom. The van der Waals surface area contributed by atoms with Crippen LogP contribution in [0.2, 0.25) is 0 Å². The van der Waals surface area contributed by atoms with Gasteiger partial charge in [0.1, 0.15) is 5.82 Å². The molecule has 3 heteroatoms. The molecule has 2 nitrogen and oxygen atoms in total. The van der Waals surface area contributed by atoms with Crippen LogP contribution in [0.1, 0.15) is 31.2 Å². The van der Waals surface area contributed by atoms with Crippen molar-refractivity contribution in [3.63, 3.8) is 0 Å². The molecule has 0 bridgehead atoms. The summed E-state index contributed by atoms with van der Waals surface area (Å²) in [4.78, 5) is 10.2. The zero-order valence-corrected chi connectivity index (χ0v) is 8.58. The van der Waals surface area contributed by atoms with Gasteiger partial charge in [0, 0.05) is 6.42 Å². The minimum atomic E-state index is -0.749. The van der Waals surface area contributed by atoms with Crippen LogP contribution in [0.5, 0.6) is 0 Å². The van der Waals surface area contributed by atoms with Gasteiger partial charge >= 0.3 is 5.97 Å². The normalized spacial score (nSPS) is 10.2. The lowest BCUT2D eigenvalue weighted by atomic mass is 10.1. The number of halogens is 1. The first-order valence-corrected chi connectivity index (χ1v) is 5.15. The third kappa shape index (κ3) is 5.15. The molecule has 0 fully saturated rings. The molecule has 1 rings (SSSR count). The number of hydrogen-bond donors (Lipinski definition) is 1. The van der Waals surface area contributed by atoms with Gasteiger partial charge in [-0.15, -0.1) is 0 Å². The number of rotatable bonds is 6. The number of unbranched alkanes of at least 4 members (excludes halogenated alkanes) is 2. The minimum Gasteiger partial charge on any atom is -0.481 e. The Morgan fingerprint density at radius 1 is 1.27 bits per heavy atom. The van der Waals surface area contributed by atoms with E-state index in [2.05, 4.69) is 0 Å². The first kappa shape index (κ1) is 11.7. The Hall–Kier alpha value is -1.38. The first-order chi connectivity index (χ1) is 7.18. The maximum absolute atomic E-state index is 12.8. The summed E-state index contributed by atoms with van der Waals surface area (Å²) in [6.07, 6.45) is 3.53. The third-order valence-corrected chi connectivity index (χ3v) is 2.25. The second-order valence-corrected chi connectivity index (χ2v) is 3.58. The van der Waals surface area contributed by atoms with Crippen molar-refractivity contribution in [2.75, 3.05) is 0 Å². The average molecular weight is 210 g/mol. The highest BCUT2D eigenvalue weighted by Crippen LogP contribution is 2.09. The molecule has 0 radical (unpaired) electrons. The molecule has 0 atom stereocenters. The highest BCUT2D eigenvalue weighted by Gasteiger charge is 1.98. The summed E-state index contributed by atoms with van der Waals surface area (Å²) >= 11 is 0. The fourth-order valence-corrected chi connectivity index (χ4v) is 1.47. The van der Waals surface area contributed by atoms with Crippen LogP contribution in [0, 0.1) is 5.82 Å². The predicted molar refractivity (Wildman–Crippen MR) is 56.2 cm³/mol.